The van der Waals surface area contributed by atoms with Crippen molar-refractivity contribution in [3.8, 4) is 6.07 Å². The van der Waals surface area contributed by atoms with Gasteiger partial charge in [-0.05, 0) is 60.8 Å². The van der Waals surface area contributed by atoms with Crippen LogP contribution < -0.4 is 10.2 Å². The standard InChI is InChI=1S/C19H21BrN4/c1-13-17(20)11-18(14(2)22-13)23-16-7-9-24(10-8-16)19-6-4-3-5-15(19)12-21/h3-6,11,16,23H,7-10H2,1-2H3. The van der Waals surface area contributed by atoms with Gasteiger partial charge >= 0.3 is 0 Å². The lowest BCUT2D eigenvalue weighted by atomic mass is 10.0. The van der Waals surface area contributed by atoms with E-state index in [9.17, 15) is 5.26 Å². The molecule has 1 N–H and O–H groups in total. The van der Waals surface area contributed by atoms with Gasteiger partial charge in [0, 0.05) is 23.6 Å². The maximum Gasteiger partial charge on any atom is 0.101 e. The van der Waals surface area contributed by atoms with E-state index in [1.54, 1.807) is 0 Å². The fourth-order valence-corrected chi connectivity index (χ4v) is 3.49. The summed E-state index contributed by atoms with van der Waals surface area (Å²) in [6, 6.07) is 12.7. The highest BCUT2D eigenvalue weighted by atomic mass is 79.9. The molecule has 1 aliphatic heterocycles. The van der Waals surface area contributed by atoms with Crippen LogP contribution in [0.3, 0.4) is 0 Å². The highest BCUT2D eigenvalue weighted by molar-refractivity contribution is 9.10. The molecule has 3 rings (SSSR count). The number of hydrogen-bond acceptors (Lipinski definition) is 4. The van der Waals surface area contributed by atoms with Crippen molar-refractivity contribution in [1.29, 1.82) is 5.26 Å². The summed E-state index contributed by atoms with van der Waals surface area (Å²) in [4.78, 5) is 6.88. The van der Waals surface area contributed by atoms with Crippen LogP contribution in [-0.4, -0.2) is 24.1 Å². The Bertz CT molecular complexity index is 773. The summed E-state index contributed by atoms with van der Waals surface area (Å²) < 4.78 is 1.04. The van der Waals surface area contributed by atoms with Crippen molar-refractivity contribution in [2.24, 2.45) is 0 Å². The summed E-state index contributed by atoms with van der Waals surface area (Å²) in [5.74, 6) is 0. The molecule has 1 aromatic carbocycles. The average molecular weight is 385 g/mol. The molecule has 0 spiro atoms. The third-order valence-electron chi connectivity index (χ3n) is 4.56. The third-order valence-corrected chi connectivity index (χ3v) is 5.36. The van der Waals surface area contributed by atoms with Crippen molar-refractivity contribution in [2.75, 3.05) is 23.3 Å². The van der Waals surface area contributed by atoms with Gasteiger partial charge in [0.25, 0.3) is 0 Å². The summed E-state index contributed by atoms with van der Waals surface area (Å²) in [5.41, 5.74) is 4.96. The van der Waals surface area contributed by atoms with E-state index in [0.717, 1.165) is 58.7 Å². The molecule has 2 aromatic rings. The molecule has 0 radical (unpaired) electrons. The SMILES string of the molecule is Cc1nc(C)c(NC2CCN(c3ccccc3C#N)CC2)cc1Br. The van der Waals surface area contributed by atoms with Crippen LogP contribution in [0.1, 0.15) is 29.8 Å². The summed E-state index contributed by atoms with van der Waals surface area (Å²) in [6.45, 7) is 5.96. The number of hydrogen-bond donors (Lipinski definition) is 1. The number of rotatable bonds is 3. The minimum absolute atomic E-state index is 0.436. The number of nitrogens with one attached hydrogen (secondary N) is 1. The van der Waals surface area contributed by atoms with Gasteiger partial charge in [0.05, 0.1) is 28.3 Å². The molecule has 4 nitrogen and oxygen atoms in total. The van der Waals surface area contributed by atoms with Crippen LogP contribution in [0.2, 0.25) is 0 Å². The molecule has 1 aliphatic rings. The Morgan fingerprint density at radius 2 is 1.92 bits per heavy atom. The third kappa shape index (κ3) is 3.54. The number of aromatic nitrogens is 1. The Morgan fingerprint density at radius 3 is 2.62 bits per heavy atom. The fraction of sp³-hybridized carbons (Fsp3) is 0.368. The average Bonchev–Trinajstić information content (AvgIpc) is 2.60. The van der Waals surface area contributed by atoms with Gasteiger partial charge in [-0.2, -0.15) is 5.26 Å². The van der Waals surface area contributed by atoms with Crippen LogP contribution in [0, 0.1) is 25.2 Å². The minimum Gasteiger partial charge on any atom is -0.381 e. The van der Waals surface area contributed by atoms with Crippen LogP contribution in [0.4, 0.5) is 11.4 Å². The molecular formula is C19H21BrN4. The molecule has 5 heteroatoms. The van der Waals surface area contributed by atoms with Crippen LogP contribution >= 0.6 is 15.9 Å². The highest BCUT2D eigenvalue weighted by Crippen LogP contribution is 2.27. The summed E-state index contributed by atoms with van der Waals surface area (Å²) >= 11 is 3.56. The van der Waals surface area contributed by atoms with Crippen molar-refractivity contribution >= 4 is 27.3 Å². The zero-order chi connectivity index (χ0) is 17.1. The maximum absolute atomic E-state index is 9.27. The van der Waals surface area contributed by atoms with Crippen molar-refractivity contribution in [1.82, 2.24) is 4.98 Å². The van der Waals surface area contributed by atoms with Crippen molar-refractivity contribution in [2.45, 2.75) is 32.7 Å². The molecule has 0 saturated carbocycles. The smallest absolute Gasteiger partial charge is 0.101 e. The van der Waals surface area contributed by atoms with Crippen LogP contribution in [-0.2, 0) is 0 Å². The van der Waals surface area contributed by atoms with E-state index < -0.39 is 0 Å². The molecule has 0 atom stereocenters. The summed E-state index contributed by atoms with van der Waals surface area (Å²) in [7, 11) is 0. The molecule has 1 saturated heterocycles. The number of nitrogens with zero attached hydrogens (tertiary/aromatic N) is 3. The van der Waals surface area contributed by atoms with E-state index in [1.165, 1.54) is 0 Å². The number of para-hydroxylation sites is 1. The topological polar surface area (TPSA) is 52.0 Å². The number of anilines is 2. The van der Waals surface area contributed by atoms with E-state index >= 15 is 0 Å². The maximum atomic E-state index is 9.27. The monoisotopic (exact) mass is 384 g/mol. The predicted octanol–water partition coefficient (Wildman–Crippen LogP) is 4.41. The number of halogens is 1. The lowest BCUT2D eigenvalue weighted by molar-refractivity contribution is 0.526. The Hall–Kier alpha value is -2.06. The van der Waals surface area contributed by atoms with E-state index in [4.69, 9.17) is 0 Å². The van der Waals surface area contributed by atoms with Gasteiger partial charge in [-0.25, -0.2) is 0 Å². The molecule has 1 aromatic heterocycles. The second-order valence-electron chi connectivity index (χ2n) is 6.22. The Labute approximate surface area is 151 Å². The second-order valence-corrected chi connectivity index (χ2v) is 7.08. The van der Waals surface area contributed by atoms with Gasteiger partial charge in [0.2, 0.25) is 0 Å². The number of nitriles is 1. The molecule has 0 aliphatic carbocycles. The van der Waals surface area contributed by atoms with Gasteiger partial charge in [-0.15, -0.1) is 0 Å². The number of piperidine rings is 1. The normalized spacial score (nSPS) is 15.2. The van der Waals surface area contributed by atoms with Gasteiger partial charge in [0.1, 0.15) is 6.07 Å². The number of benzene rings is 1. The van der Waals surface area contributed by atoms with Crippen LogP contribution in [0.5, 0.6) is 0 Å². The lowest BCUT2D eigenvalue weighted by Crippen LogP contribution is -2.39. The Kier molecular flexibility index (Phi) is 5.06. The molecular weight excluding hydrogens is 364 g/mol. The second kappa shape index (κ2) is 7.23. The summed E-state index contributed by atoms with van der Waals surface area (Å²) in [6.07, 6.45) is 2.09. The van der Waals surface area contributed by atoms with E-state index in [2.05, 4.69) is 43.3 Å². The number of aryl methyl sites for hydroxylation is 2. The van der Waals surface area contributed by atoms with Crippen LogP contribution in [0.25, 0.3) is 0 Å². The quantitative estimate of drug-likeness (QED) is 0.850. The van der Waals surface area contributed by atoms with E-state index in [-0.39, 0.29) is 0 Å². The first-order valence-corrected chi connectivity index (χ1v) is 9.02. The van der Waals surface area contributed by atoms with Crippen molar-refractivity contribution < 1.29 is 0 Å². The first kappa shape index (κ1) is 16.8. The van der Waals surface area contributed by atoms with Crippen LogP contribution in [0.15, 0.2) is 34.8 Å². The highest BCUT2D eigenvalue weighted by Gasteiger charge is 2.21. The largest absolute Gasteiger partial charge is 0.381 e. The van der Waals surface area contributed by atoms with Gasteiger partial charge in [0.15, 0.2) is 0 Å². The molecule has 124 valence electrons. The van der Waals surface area contributed by atoms with E-state index in [0.29, 0.717) is 6.04 Å². The molecule has 0 amide bonds. The zero-order valence-electron chi connectivity index (χ0n) is 14.0. The zero-order valence-corrected chi connectivity index (χ0v) is 15.6. The molecule has 0 bridgehead atoms. The fourth-order valence-electron chi connectivity index (χ4n) is 3.18. The lowest BCUT2D eigenvalue weighted by Gasteiger charge is -2.35. The first-order chi connectivity index (χ1) is 11.6. The molecule has 2 heterocycles. The molecule has 1 fully saturated rings. The van der Waals surface area contributed by atoms with Crippen molar-refractivity contribution in [3.05, 3.63) is 51.8 Å². The van der Waals surface area contributed by atoms with Crippen molar-refractivity contribution in [3.63, 3.8) is 0 Å². The summed E-state index contributed by atoms with van der Waals surface area (Å²) in [5, 5.41) is 12.9. The van der Waals surface area contributed by atoms with Gasteiger partial charge in [-0.3, -0.25) is 4.98 Å². The van der Waals surface area contributed by atoms with E-state index in [1.807, 2.05) is 38.1 Å². The first-order valence-electron chi connectivity index (χ1n) is 8.23. The van der Waals surface area contributed by atoms with Gasteiger partial charge in [-0.1, -0.05) is 12.1 Å². The number of pyridine rings is 1. The molecule has 24 heavy (non-hydrogen) atoms. The minimum atomic E-state index is 0.436. The molecule has 0 unspecified atom stereocenters. The van der Waals surface area contributed by atoms with Gasteiger partial charge < -0.3 is 10.2 Å². The Morgan fingerprint density at radius 1 is 1.21 bits per heavy atom. The Balaban J connectivity index is 1.66. The predicted molar refractivity (Wildman–Crippen MR) is 101 cm³/mol.